The quantitative estimate of drug-likeness (QED) is 0.337. The molecule has 1 saturated heterocycles. The molecule has 0 radical (unpaired) electrons. The van der Waals surface area contributed by atoms with Gasteiger partial charge in [0.15, 0.2) is 12.1 Å². The predicted octanol–water partition coefficient (Wildman–Crippen LogP) is 1.96. The van der Waals surface area contributed by atoms with E-state index in [9.17, 15) is 30.0 Å². The van der Waals surface area contributed by atoms with Crippen LogP contribution in [0, 0.1) is 18.3 Å². The first-order valence-corrected chi connectivity index (χ1v) is 14.5. The Balaban J connectivity index is 1.29. The van der Waals surface area contributed by atoms with Crippen molar-refractivity contribution < 1.29 is 39.5 Å². The molecule has 10 heteroatoms. The molecule has 1 aromatic heterocycles. The summed E-state index contributed by atoms with van der Waals surface area (Å²) in [5.41, 5.74) is 10.7. The molecule has 2 aliphatic carbocycles. The zero-order valence-electron chi connectivity index (χ0n) is 24.0. The fourth-order valence-electron chi connectivity index (χ4n) is 6.80. The smallest absolute Gasteiger partial charge is 0.248 e. The summed E-state index contributed by atoms with van der Waals surface area (Å²) >= 11 is 0. The van der Waals surface area contributed by atoms with Gasteiger partial charge >= 0.3 is 0 Å². The average Bonchev–Trinajstić information content (AvgIpc) is 3.24. The highest BCUT2D eigenvalue weighted by Gasteiger charge is 2.45. The number of aliphatic hydroxyl groups excluding tert-OH is 4. The van der Waals surface area contributed by atoms with Crippen molar-refractivity contribution in [1.29, 1.82) is 0 Å². The largest absolute Gasteiger partial charge is 0.394 e. The summed E-state index contributed by atoms with van der Waals surface area (Å²) in [5.74, 6) is -0.0313. The highest BCUT2D eigenvalue weighted by molar-refractivity contribution is 6.00. The monoisotopic (exact) mass is 570 g/mol. The van der Waals surface area contributed by atoms with Crippen LogP contribution in [0.15, 0.2) is 24.4 Å². The van der Waals surface area contributed by atoms with Crippen LogP contribution in [0.4, 0.5) is 0 Å². The molecule has 224 valence electrons. The summed E-state index contributed by atoms with van der Waals surface area (Å²) in [5, 5.41) is 39.8. The summed E-state index contributed by atoms with van der Waals surface area (Å²) < 4.78 is 13.5. The number of carbonyl (C=O) groups excluding carboxylic acids is 2. The van der Waals surface area contributed by atoms with Gasteiger partial charge in [-0.1, -0.05) is 13.8 Å². The highest BCUT2D eigenvalue weighted by Crippen LogP contribution is 2.39. The van der Waals surface area contributed by atoms with E-state index >= 15 is 0 Å². The molecule has 0 bridgehead atoms. The molecule has 3 aliphatic rings. The molecule has 2 aromatic rings. The third kappa shape index (κ3) is 6.00. The van der Waals surface area contributed by atoms with Gasteiger partial charge in [-0.25, -0.2) is 0 Å². The Morgan fingerprint density at radius 1 is 1.10 bits per heavy atom. The number of primary amides is 1. The first-order valence-electron chi connectivity index (χ1n) is 14.5. The van der Waals surface area contributed by atoms with Gasteiger partial charge in [0, 0.05) is 35.1 Å². The van der Waals surface area contributed by atoms with Crippen molar-refractivity contribution in [3.8, 4) is 5.69 Å². The van der Waals surface area contributed by atoms with Gasteiger partial charge in [-0.15, -0.1) is 0 Å². The van der Waals surface area contributed by atoms with Crippen LogP contribution in [-0.2, 0) is 22.3 Å². The van der Waals surface area contributed by atoms with E-state index in [0.717, 1.165) is 47.3 Å². The number of ketones is 1. The lowest BCUT2D eigenvalue weighted by Gasteiger charge is -2.41. The Morgan fingerprint density at radius 3 is 2.46 bits per heavy atom. The van der Waals surface area contributed by atoms with Crippen molar-refractivity contribution in [2.24, 2.45) is 17.1 Å². The second-order valence-corrected chi connectivity index (χ2v) is 12.8. The Bertz CT molecular complexity index is 1290. The summed E-state index contributed by atoms with van der Waals surface area (Å²) in [4.78, 5) is 25.3. The van der Waals surface area contributed by atoms with Gasteiger partial charge in [0.25, 0.3) is 0 Å². The number of nitrogens with zero attached hydrogens (tertiary/aromatic N) is 1. The maximum absolute atomic E-state index is 12.9. The molecular formula is C31H42N2O8. The van der Waals surface area contributed by atoms with Gasteiger partial charge in [-0.3, -0.25) is 9.59 Å². The van der Waals surface area contributed by atoms with Crippen LogP contribution in [0.3, 0.4) is 0 Å². The van der Waals surface area contributed by atoms with E-state index in [-0.39, 0.29) is 23.2 Å². The normalized spacial score (nSPS) is 31.6. The number of hydrogen-bond donors (Lipinski definition) is 5. The molecule has 5 rings (SSSR count). The number of aromatic nitrogens is 1. The second kappa shape index (κ2) is 11.6. The van der Waals surface area contributed by atoms with E-state index in [1.165, 1.54) is 0 Å². The molecule has 2 heterocycles. The molecule has 2 fully saturated rings. The Labute approximate surface area is 240 Å². The number of fused-ring (bicyclic) bond motifs is 1. The number of rotatable bonds is 7. The van der Waals surface area contributed by atoms with Gasteiger partial charge in [0.05, 0.1) is 12.7 Å². The van der Waals surface area contributed by atoms with Crippen LogP contribution >= 0.6 is 0 Å². The SMILES string of the molecule is Cc1cn(-c2ccc(C(N)=O)c(CC3CCC(O[C@@H]4O[C@H](CO)[C@H](O)[C@H](O)[C@H]4O)CC3)c2)c2c1C(=O)CC(C)(C)C2. The molecule has 1 aromatic carbocycles. The van der Waals surface area contributed by atoms with Crippen molar-refractivity contribution in [2.45, 2.75) is 103 Å². The number of hydrogen-bond acceptors (Lipinski definition) is 8. The molecule has 1 aliphatic heterocycles. The van der Waals surface area contributed by atoms with E-state index in [1.54, 1.807) is 6.07 Å². The Morgan fingerprint density at radius 2 is 1.80 bits per heavy atom. The highest BCUT2D eigenvalue weighted by atomic mass is 16.7. The number of nitrogens with two attached hydrogens (primary N) is 1. The van der Waals surface area contributed by atoms with Crippen molar-refractivity contribution in [1.82, 2.24) is 4.57 Å². The predicted molar refractivity (Wildman–Crippen MR) is 150 cm³/mol. The first kappa shape index (κ1) is 29.9. The van der Waals surface area contributed by atoms with Gasteiger partial charge < -0.3 is 40.2 Å². The van der Waals surface area contributed by atoms with Crippen molar-refractivity contribution in [2.75, 3.05) is 6.61 Å². The second-order valence-electron chi connectivity index (χ2n) is 12.8. The van der Waals surface area contributed by atoms with Gasteiger partial charge in [-0.2, -0.15) is 0 Å². The number of aryl methyl sites for hydroxylation is 1. The number of aliphatic hydroxyl groups is 4. The molecule has 1 amide bonds. The molecular weight excluding hydrogens is 528 g/mol. The molecule has 5 atom stereocenters. The van der Waals surface area contributed by atoms with Crippen LogP contribution < -0.4 is 5.73 Å². The Kier molecular flexibility index (Phi) is 8.44. The zero-order valence-corrected chi connectivity index (χ0v) is 24.0. The first-order chi connectivity index (χ1) is 19.4. The van der Waals surface area contributed by atoms with E-state index in [1.807, 2.05) is 25.3 Å². The van der Waals surface area contributed by atoms with E-state index < -0.39 is 43.2 Å². The van der Waals surface area contributed by atoms with Crippen LogP contribution in [-0.4, -0.2) is 80.1 Å². The topological polar surface area (TPSA) is 164 Å². The van der Waals surface area contributed by atoms with Crippen molar-refractivity contribution in [3.05, 3.63) is 52.3 Å². The minimum atomic E-state index is -1.47. The third-order valence-corrected chi connectivity index (χ3v) is 8.97. The number of ether oxygens (including phenoxy) is 2. The third-order valence-electron chi connectivity index (χ3n) is 8.97. The van der Waals surface area contributed by atoms with Gasteiger partial charge in [0.2, 0.25) is 5.91 Å². The summed E-state index contributed by atoms with van der Waals surface area (Å²) in [6.45, 7) is 5.69. The lowest BCUT2D eigenvalue weighted by Crippen LogP contribution is -2.59. The number of carbonyl (C=O) groups is 2. The maximum Gasteiger partial charge on any atom is 0.248 e. The maximum atomic E-state index is 12.9. The standard InChI is InChI=1S/C31H42N2O8/c1-16-14-33(22-12-31(2,3)13-23(35)25(16)22)19-6-9-21(29(32)39)18(11-19)10-17-4-7-20(8-5-17)40-30-28(38)27(37)26(36)24(15-34)41-30/h6,9,11,14,17,20,24,26-28,30,34,36-38H,4-5,7-8,10,12-13,15H2,1-3H3,(H2,32,39)/t17?,20?,24-,26+,27+,28-,30-/m1/s1. The number of benzene rings is 1. The number of amides is 1. The lowest BCUT2D eigenvalue weighted by atomic mass is 9.75. The van der Waals surface area contributed by atoms with Gasteiger partial charge in [-0.05, 0) is 86.1 Å². The average molecular weight is 571 g/mol. The lowest BCUT2D eigenvalue weighted by molar-refractivity contribution is -0.313. The van der Waals surface area contributed by atoms with E-state index in [2.05, 4.69) is 18.4 Å². The summed E-state index contributed by atoms with van der Waals surface area (Å²) in [6, 6.07) is 5.68. The zero-order chi connectivity index (χ0) is 29.6. The van der Waals surface area contributed by atoms with E-state index in [4.69, 9.17) is 15.2 Å². The molecule has 10 nitrogen and oxygen atoms in total. The van der Waals surface area contributed by atoms with E-state index in [0.29, 0.717) is 31.2 Å². The Hall–Kier alpha value is -2.60. The summed E-state index contributed by atoms with van der Waals surface area (Å²) in [6.07, 6.45) is 0.295. The van der Waals surface area contributed by atoms with Crippen LogP contribution in [0.25, 0.3) is 5.69 Å². The minimum Gasteiger partial charge on any atom is -0.394 e. The van der Waals surface area contributed by atoms with Gasteiger partial charge in [0.1, 0.15) is 24.4 Å². The summed E-state index contributed by atoms with van der Waals surface area (Å²) in [7, 11) is 0. The van der Waals surface area contributed by atoms with Crippen LogP contribution in [0.5, 0.6) is 0 Å². The minimum absolute atomic E-state index is 0.126. The molecule has 0 spiro atoms. The molecule has 0 unspecified atom stereocenters. The molecule has 6 N–H and O–H groups in total. The van der Waals surface area contributed by atoms with Crippen LogP contribution in [0.2, 0.25) is 0 Å². The van der Waals surface area contributed by atoms with Crippen molar-refractivity contribution in [3.63, 3.8) is 0 Å². The van der Waals surface area contributed by atoms with Crippen LogP contribution in [0.1, 0.15) is 83.5 Å². The number of Topliss-reactive ketones (excluding diaryl/α,β-unsaturated/α-hetero) is 1. The molecule has 1 saturated carbocycles. The van der Waals surface area contributed by atoms with Crippen molar-refractivity contribution >= 4 is 11.7 Å². The fraction of sp³-hybridized carbons (Fsp3) is 0.613. The fourth-order valence-corrected chi connectivity index (χ4v) is 6.80. The molecule has 41 heavy (non-hydrogen) atoms.